The topological polar surface area (TPSA) is 78.3 Å². The summed E-state index contributed by atoms with van der Waals surface area (Å²) in [5, 5.41) is 0.189. The quantitative estimate of drug-likeness (QED) is 0.838. The number of anilines is 1. The molecule has 0 aliphatic carbocycles. The van der Waals surface area contributed by atoms with Crippen molar-refractivity contribution in [2.45, 2.75) is 23.8 Å². The lowest BCUT2D eigenvalue weighted by Crippen LogP contribution is -2.13. The first-order chi connectivity index (χ1) is 8.61. The third-order valence-corrected chi connectivity index (χ3v) is 4.14. The molecule has 18 heavy (non-hydrogen) atoms. The molecule has 2 rings (SSSR count). The molecule has 0 bridgehead atoms. The summed E-state index contributed by atoms with van der Waals surface area (Å²) in [4.78, 5) is 4.21. The number of hydrogen-bond donors (Lipinski definition) is 1. The zero-order chi connectivity index (χ0) is 13.1. The molecular formula is C12H16N2O3S. The Kier molecular flexibility index (Phi) is 3.98. The summed E-state index contributed by atoms with van der Waals surface area (Å²) in [5.74, 6) is 0. The van der Waals surface area contributed by atoms with Crippen LogP contribution in [0.3, 0.4) is 0 Å². The number of oxazole rings is 1. The second-order valence-electron chi connectivity index (χ2n) is 4.10. The van der Waals surface area contributed by atoms with E-state index in [0.29, 0.717) is 29.8 Å². The molecule has 0 saturated carbocycles. The van der Waals surface area contributed by atoms with Crippen LogP contribution in [0, 0.1) is 0 Å². The van der Waals surface area contributed by atoms with E-state index in [0.717, 1.165) is 0 Å². The Balaban J connectivity index is 2.22. The highest BCUT2D eigenvalue weighted by Gasteiger charge is 2.19. The van der Waals surface area contributed by atoms with Crippen LogP contribution in [-0.4, -0.2) is 28.2 Å². The largest absolute Gasteiger partial charge is 0.430 e. The van der Waals surface area contributed by atoms with E-state index in [1.165, 1.54) is 0 Å². The van der Waals surface area contributed by atoms with E-state index in [2.05, 4.69) is 4.98 Å². The second kappa shape index (κ2) is 5.49. The molecule has 2 aromatic rings. The van der Waals surface area contributed by atoms with E-state index in [1.54, 1.807) is 25.3 Å². The Morgan fingerprint density at radius 1 is 1.56 bits per heavy atom. The predicted molar refractivity (Wildman–Crippen MR) is 70.8 cm³/mol. The lowest BCUT2D eigenvalue weighted by molar-refractivity contribution is 0.195. The van der Waals surface area contributed by atoms with Gasteiger partial charge in [0, 0.05) is 24.7 Å². The number of methoxy groups -OCH3 is 1. The van der Waals surface area contributed by atoms with Crippen LogP contribution in [-0.2, 0) is 15.5 Å². The van der Waals surface area contributed by atoms with Crippen molar-refractivity contribution < 1.29 is 13.4 Å². The Morgan fingerprint density at radius 2 is 2.33 bits per heavy atom. The second-order valence-corrected chi connectivity index (χ2v) is 5.85. The number of aromatic nitrogens is 1. The molecule has 6 heteroatoms. The number of nitrogen functional groups attached to an aromatic ring is 1. The highest BCUT2D eigenvalue weighted by Crippen LogP contribution is 2.22. The maximum Gasteiger partial charge on any atom is 0.288 e. The van der Waals surface area contributed by atoms with Gasteiger partial charge < -0.3 is 14.9 Å². The molecule has 0 fully saturated rings. The van der Waals surface area contributed by atoms with Crippen LogP contribution in [0.4, 0.5) is 5.69 Å². The van der Waals surface area contributed by atoms with Gasteiger partial charge in [-0.15, -0.1) is 0 Å². The number of fused-ring (bicyclic) bond motifs is 1. The summed E-state index contributed by atoms with van der Waals surface area (Å²) in [5.41, 5.74) is 7.51. The lowest BCUT2D eigenvalue weighted by atomic mass is 10.3. The zero-order valence-corrected chi connectivity index (χ0v) is 11.2. The van der Waals surface area contributed by atoms with Gasteiger partial charge in [-0.1, -0.05) is 6.92 Å². The fraction of sp³-hybridized carbons (Fsp3) is 0.417. The third-order valence-electron chi connectivity index (χ3n) is 2.66. The molecule has 1 heterocycles. The van der Waals surface area contributed by atoms with E-state index in [4.69, 9.17) is 14.9 Å². The molecule has 0 spiro atoms. The van der Waals surface area contributed by atoms with E-state index in [-0.39, 0.29) is 10.5 Å². The molecule has 0 radical (unpaired) electrons. The summed E-state index contributed by atoms with van der Waals surface area (Å²) in [6.07, 6.45) is 0.698. The normalized spacial score (nSPS) is 14.8. The molecular weight excluding hydrogens is 252 g/mol. The van der Waals surface area contributed by atoms with Gasteiger partial charge in [0.25, 0.3) is 5.22 Å². The van der Waals surface area contributed by atoms with Gasteiger partial charge in [-0.25, -0.2) is 9.19 Å². The fourth-order valence-electron chi connectivity index (χ4n) is 1.57. The van der Waals surface area contributed by atoms with Crippen molar-refractivity contribution in [2.75, 3.05) is 19.5 Å². The lowest BCUT2D eigenvalue weighted by Gasteiger charge is -2.06. The molecule has 0 amide bonds. The van der Waals surface area contributed by atoms with Gasteiger partial charge in [-0.05, 0) is 24.6 Å². The van der Waals surface area contributed by atoms with Crippen molar-refractivity contribution in [1.82, 2.24) is 4.98 Å². The Morgan fingerprint density at radius 3 is 3.06 bits per heavy atom. The van der Waals surface area contributed by atoms with E-state index in [9.17, 15) is 4.21 Å². The van der Waals surface area contributed by atoms with Crippen molar-refractivity contribution in [3.63, 3.8) is 0 Å². The third kappa shape index (κ3) is 2.70. The first-order valence-electron chi connectivity index (χ1n) is 5.67. The van der Waals surface area contributed by atoms with Crippen LogP contribution in [0.2, 0.25) is 0 Å². The number of hydrogen-bond acceptors (Lipinski definition) is 5. The average Bonchev–Trinajstić information content (AvgIpc) is 2.77. The predicted octanol–water partition coefficient (Wildman–Crippen LogP) is 1.94. The fourth-order valence-corrected chi connectivity index (χ4v) is 2.59. The first kappa shape index (κ1) is 13.0. The highest BCUT2D eigenvalue weighted by atomic mass is 32.2. The van der Waals surface area contributed by atoms with Crippen LogP contribution >= 0.6 is 0 Å². The van der Waals surface area contributed by atoms with Crippen LogP contribution in [0.5, 0.6) is 0 Å². The standard InChI is InChI=1S/C12H16N2O3S/c1-8(5-6-16-2)18(15)12-14-10-7-9(13)3-4-11(10)17-12/h3-4,7-8H,5-6,13H2,1-2H3. The van der Waals surface area contributed by atoms with Crippen molar-refractivity contribution in [2.24, 2.45) is 0 Å². The van der Waals surface area contributed by atoms with Gasteiger partial charge in [0.2, 0.25) is 0 Å². The van der Waals surface area contributed by atoms with Crippen LogP contribution in [0.15, 0.2) is 27.8 Å². The minimum atomic E-state index is -1.27. The van der Waals surface area contributed by atoms with E-state index < -0.39 is 10.8 Å². The van der Waals surface area contributed by atoms with Crippen LogP contribution in [0.25, 0.3) is 11.1 Å². The maximum atomic E-state index is 12.2. The zero-order valence-electron chi connectivity index (χ0n) is 10.4. The molecule has 1 aromatic heterocycles. The maximum absolute atomic E-state index is 12.2. The molecule has 0 aliphatic rings. The Bertz CT molecular complexity index is 567. The van der Waals surface area contributed by atoms with Crippen molar-refractivity contribution >= 4 is 27.6 Å². The van der Waals surface area contributed by atoms with Gasteiger partial charge >= 0.3 is 0 Å². The van der Waals surface area contributed by atoms with Gasteiger partial charge in [0.15, 0.2) is 5.58 Å². The van der Waals surface area contributed by atoms with E-state index in [1.807, 2.05) is 6.92 Å². The number of nitrogens with zero attached hydrogens (tertiary/aromatic N) is 1. The molecule has 5 nitrogen and oxygen atoms in total. The first-order valence-corrected chi connectivity index (χ1v) is 6.88. The van der Waals surface area contributed by atoms with Gasteiger partial charge in [-0.2, -0.15) is 0 Å². The van der Waals surface area contributed by atoms with Crippen molar-refractivity contribution in [1.29, 1.82) is 0 Å². The molecule has 2 atom stereocenters. The summed E-state index contributed by atoms with van der Waals surface area (Å²) in [6, 6.07) is 5.17. The summed E-state index contributed by atoms with van der Waals surface area (Å²) >= 11 is 0. The summed E-state index contributed by atoms with van der Waals surface area (Å²) in [6.45, 7) is 2.46. The van der Waals surface area contributed by atoms with Gasteiger partial charge in [0.05, 0.1) is 0 Å². The monoisotopic (exact) mass is 268 g/mol. The number of nitrogens with two attached hydrogens (primary N) is 1. The van der Waals surface area contributed by atoms with Crippen LogP contribution < -0.4 is 5.73 Å². The van der Waals surface area contributed by atoms with Crippen LogP contribution in [0.1, 0.15) is 13.3 Å². The highest BCUT2D eigenvalue weighted by molar-refractivity contribution is 7.85. The summed E-state index contributed by atoms with van der Waals surface area (Å²) in [7, 11) is 0.355. The Labute approximate surface area is 108 Å². The smallest absolute Gasteiger partial charge is 0.288 e. The summed E-state index contributed by atoms with van der Waals surface area (Å²) < 4.78 is 22.6. The molecule has 0 saturated heterocycles. The number of rotatable bonds is 5. The molecule has 0 aliphatic heterocycles. The number of ether oxygens (including phenoxy) is 1. The molecule has 1 aromatic carbocycles. The number of benzene rings is 1. The van der Waals surface area contributed by atoms with Gasteiger partial charge in [-0.3, -0.25) is 0 Å². The average molecular weight is 268 g/mol. The van der Waals surface area contributed by atoms with Crippen molar-refractivity contribution in [3.05, 3.63) is 18.2 Å². The minimum absolute atomic E-state index is 0.0599. The Hall–Kier alpha value is -1.40. The molecule has 2 N–H and O–H groups in total. The molecule has 98 valence electrons. The SMILES string of the molecule is COCCC(C)S(=O)c1nc2cc(N)ccc2o1. The van der Waals surface area contributed by atoms with Gasteiger partial charge in [0.1, 0.15) is 16.3 Å². The minimum Gasteiger partial charge on any atom is -0.430 e. The van der Waals surface area contributed by atoms with Crippen molar-refractivity contribution in [3.8, 4) is 0 Å². The molecule has 2 unspecified atom stereocenters. The van der Waals surface area contributed by atoms with E-state index >= 15 is 0 Å².